The van der Waals surface area contributed by atoms with E-state index in [9.17, 15) is 9.59 Å². The van der Waals surface area contributed by atoms with Gasteiger partial charge in [-0.25, -0.2) is 4.98 Å². The van der Waals surface area contributed by atoms with Gasteiger partial charge in [0.15, 0.2) is 11.5 Å². The van der Waals surface area contributed by atoms with Crippen LogP contribution in [0, 0.1) is 19.8 Å². The number of nitrogens with one attached hydrogen (secondary N) is 1. The molecule has 2 heterocycles. The Hall–Kier alpha value is -2.67. The molecule has 0 radical (unpaired) electrons. The second kappa shape index (κ2) is 6.81. The van der Waals surface area contributed by atoms with Gasteiger partial charge in [0.25, 0.3) is 0 Å². The van der Waals surface area contributed by atoms with Crippen molar-refractivity contribution in [2.75, 3.05) is 16.8 Å². The minimum Gasteiger partial charge on any atom is -0.441 e. The number of amides is 2. The van der Waals surface area contributed by atoms with Gasteiger partial charge in [0.05, 0.1) is 5.92 Å². The Morgan fingerprint density at radius 3 is 2.85 bits per heavy atom. The first-order valence-electron chi connectivity index (χ1n) is 8.65. The number of benzene rings is 2. The van der Waals surface area contributed by atoms with Crippen molar-refractivity contribution in [2.45, 2.75) is 20.3 Å². The van der Waals surface area contributed by atoms with Gasteiger partial charge in [-0.2, -0.15) is 0 Å². The molecule has 6 nitrogen and oxygen atoms in total. The maximum Gasteiger partial charge on any atom is 0.229 e. The Balaban J connectivity index is 1.50. The van der Waals surface area contributed by atoms with Crippen LogP contribution in [-0.4, -0.2) is 23.3 Å². The molecule has 1 N–H and O–H groups in total. The molecule has 1 aliphatic heterocycles. The molecule has 27 heavy (non-hydrogen) atoms. The Labute approximate surface area is 164 Å². The van der Waals surface area contributed by atoms with Crippen molar-refractivity contribution in [1.29, 1.82) is 0 Å². The van der Waals surface area contributed by atoms with Crippen molar-refractivity contribution in [2.24, 2.45) is 5.92 Å². The van der Waals surface area contributed by atoms with Gasteiger partial charge in [0.1, 0.15) is 5.52 Å². The molecule has 0 aliphatic carbocycles. The molecule has 0 saturated carbocycles. The van der Waals surface area contributed by atoms with Crippen molar-refractivity contribution >= 4 is 50.2 Å². The van der Waals surface area contributed by atoms with Gasteiger partial charge in [-0.15, -0.1) is 0 Å². The number of nitrogens with zero attached hydrogens (tertiary/aromatic N) is 2. The fourth-order valence-electron chi connectivity index (χ4n) is 3.30. The highest BCUT2D eigenvalue weighted by Crippen LogP contribution is 2.29. The topological polar surface area (TPSA) is 75.4 Å². The molecule has 1 atom stereocenters. The standard InChI is InChI=1S/C20H18BrN3O3/c1-11-7-14(3-5-16(11)21)23-20(26)13-8-19(25)24(10-13)15-4-6-18-17(9-15)22-12(2)27-18/h3-7,9,13H,8,10H2,1-2H3,(H,23,26)/t13-/m0/s1. The second-order valence-corrected chi connectivity index (χ2v) is 7.60. The molecule has 1 saturated heterocycles. The Morgan fingerprint density at radius 2 is 2.07 bits per heavy atom. The van der Waals surface area contributed by atoms with Crippen molar-refractivity contribution in [1.82, 2.24) is 4.98 Å². The first-order chi connectivity index (χ1) is 12.9. The summed E-state index contributed by atoms with van der Waals surface area (Å²) in [4.78, 5) is 31.0. The molecular formula is C20H18BrN3O3. The van der Waals surface area contributed by atoms with Crippen LogP contribution in [0.25, 0.3) is 11.1 Å². The molecule has 3 aromatic rings. The van der Waals surface area contributed by atoms with Gasteiger partial charge in [0, 0.05) is 35.7 Å². The van der Waals surface area contributed by atoms with Crippen LogP contribution < -0.4 is 10.2 Å². The lowest BCUT2D eigenvalue weighted by molar-refractivity contribution is -0.122. The van der Waals surface area contributed by atoms with Gasteiger partial charge in [-0.3, -0.25) is 9.59 Å². The molecule has 1 aromatic heterocycles. The number of fused-ring (bicyclic) bond motifs is 1. The third-order valence-electron chi connectivity index (χ3n) is 4.71. The van der Waals surface area contributed by atoms with Gasteiger partial charge < -0.3 is 14.6 Å². The van der Waals surface area contributed by atoms with E-state index in [0.29, 0.717) is 23.5 Å². The van der Waals surface area contributed by atoms with Crippen LogP contribution in [0.2, 0.25) is 0 Å². The molecule has 0 bridgehead atoms. The monoisotopic (exact) mass is 427 g/mol. The molecule has 4 rings (SSSR count). The molecule has 0 unspecified atom stereocenters. The average molecular weight is 428 g/mol. The number of rotatable bonds is 3. The number of anilines is 2. The predicted molar refractivity (Wildman–Crippen MR) is 107 cm³/mol. The van der Waals surface area contributed by atoms with Crippen LogP contribution in [-0.2, 0) is 9.59 Å². The van der Waals surface area contributed by atoms with E-state index in [2.05, 4.69) is 26.2 Å². The maximum atomic E-state index is 12.6. The fourth-order valence-corrected chi connectivity index (χ4v) is 3.55. The predicted octanol–water partition coefficient (Wildman–Crippen LogP) is 4.20. The van der Waals surface area contributed by atoms with Crippen LogP contribution in [0.1, 0.15) is 17.9 Å². The quantitative estimate of drug-likeness (QED) is 0.679. The molecular weight excluding hydrogens is 410 g/mol. The summed E-state index contributed by atoms with van der Waals surface area (Å²) in [6, 6.07) is 11.1. The summed E-state index contributed by atoms with van der Waals surface area (Å²) >= 11 is 3.45. The highest BCUT2D eigenvalue weighted by molar-refractivity contribution is 9.10. The molecule has 2 amide bonds. The Kier molecular flexibility index (Phi) is 4.47. The number of carbonyl (C=O) groups is 2. The van der Waals surface area contributed by atoms with E-state index in [1.54, 1.807) is 17.9 Å². The molecule has 138 valence electrons. The van der Waals surface area contributed by atoms with Gasteiger partial charge in [-0.1, -0.05) is 15.9 Å². The molecule has 2 aromatic carbocycles. The number of halogens is 1. The fraction of sp³-hybridized carbons (Fsp3) is 0.250. The number of hydrogen-bond acceptors (Lipinski definition) is 4. The van der Waals surface area contributed by atoms with Crippen molar-refractivity contribution in [3.8, 4) is 0 Å². The second-order valence-electron chi connectivity index (χ2n) is 6.74. The van der Waals surface area contributed by atoms with E-state index in [1.165, 1.54) is 0 Å². The van der Waals surface area contributed by atoms with E-state index in [4.69, 9.17) is 4.42 Å². The van der Waals surface area contributed by atoms with E-state index < -0.39 is 5.92 Å². The van der Waals surface area contributed by atoms with E-state index >= 15 is 0 Å². The van der Waals surface area contributed by atoms with E-state index in [0.717, 1.165) is 21.4 Å². The number of oxazole rings is 1. The largest absolute Gasteiger partial charge is 0.441 e. The highest BCUT2D eigenvalue weighted by Gasteiger charge is 2.35. The van der Waals surface area contributed by atoms with E-state index in [-0.39, 0.29) is 18.2 Å². The van der Waals surface area contributed by atoms with Crippen LogP contribution in [0.15, 0.2) is 45.3 Å². The van der Waals surface area contributed by atoms with Gasteiger partial charge in [0.2, 0.25) is 11.8 Å². The highest BCUT2D eigenvalue weighted by atomic mass is 79.9. The smallest absolute Gasteiger partial charge is 0.229 e. The lowest BCUT2D eigenvalue weighted by Gasteiger charge is -2.16. The summed E-state index contributed by atoms with van der Waals surface area (Å²) in [6.45, 7) is 4.09. The summed E-state index contributed by atoms with van der Waals surface area (Å²) in [5.74, 6) is -0.0271. The van der Waals surface area contributed by atoms with Gasteiger partial charge in [-0.05, 0) is 48.9 Å². The van der Waals surface area contributed by atoms with Gasteiger partial charge >= 0.3 is 0 Å². The summed E-state index contributed by atoms with van der Waals surface area (Å²) < 4.78 is 6.46. The minimum absolute atomic E-state index is 0.0679. The lowest BCUT2D eigenvalue weighted by Crippen LogP contribution is -2.28. The summed E-state index contributed by atoms with van der Waals surface area (Å²) in [6.07, 6.45) is 0.192. The Bertz CT molecular complexity index is 1060. The molecule has 1 fully saturated rings. The maximum absolute atomic E-state index is 12.6. The van der Waals surface area contributed by atoms with E-state index in [1.807, 2.05) is 37.3 Å². The first kappa shape index (κ1) is 17.7. The number of carbonyl (C=O) groups excluding carboxylic acids is 2. The summed E-state index contributed by atoms with van der Waals surface area (Å²) in [7, 11) is 0. The number of aryl methyl sites for hydroxylation is 2. The van der Waals surface area contributed by atoms with Crippen LogP contribution in [0.3, 0.4) is 0 Å². The SMILES string of the molecule is Cc1nc2cc(N3C[C@@H](C(=O)Nc4ccc(Br)c(C)c4)CC3=O)ccc2o1. The zero-order valence-corrected chi connectivity index (χ0v) is 16.5. The summed E-state index contributed by atoms with van der Waals surface area (Å²) in [5.41, 5.74) is 3.88. The third-order valence-corrected chi connectivity index (χ3v) is 5.60. The zero-order valence-electron chi connectivity index (χ0n) is 15.0. The minimum atomic E-state index is -0.392. The number of hydrogen-bond donors (Lipinski definition) is 1. The Morgan fingerprint density at radius 1 is 1.26 bits per heavy atom. The third kappa shape index (κ3) is 3.47. The lowest BCUT2D eigenvalue weighted by atomic mass is 10.1. The van der Waals surface area contributed by atoms with Crippen LogP contribution in [0.4, 0.5) is 11.4 Å². The molecule has 7 heteroatoms. The molecule has 1 aliphatic rings. The average Bonchev–Trinajstić information content (AvgIpc) is 3.19. The van der Waals surface area contributed by atoms with Crippen molar-refractivity contribution in [3.63, 3.8) is 0 Å². The van der Waals surface area contributed by atoms with Crippen molar-refractivity contribution < 1.29 is 14.0 Å². The van der Waals surface area contributed by atoms with Crippen LogP contribution in [0.5, 0.6) is 0 Å². The zero-order chi connectivity index (χ0) is 19.1. The normalized spacial score (nSPS) is 16.9. The van der Waals surface area contributed by atoms with Crippen LogP contribution >= 0.6 is 15.9 Å². The molecule has 0 spiro atoms. The number of aromatic nitrogens is 1. The van der Waals surface area contributed by atoms with Crippen molar-refractivity contribution in [3.05, 3.63) is 52.3 Å². The first-order valence-corrected chi connectivity index (χ1v) is 9.44. The summed E-state index contributed by atoms with van der Waals surface area (Å²) in [5, 5.41) is 2.91.